The van der Waals surface area contributed by atoms with Crippen molar-refractivity contribution in [1.29, 1.82) is 0 Å². The zero-order valence-corrected chi connectivity index (χ0v) is 14.1. The second-order valence-electron chi connectivity index (χ2n) is 6.87. The number of amides is 1. The van der Waals surface area contributed by atoms with Gasteiger partial charge in [-0.15, -0.1) is 0 Å². The second-order valence-corrected chi connectivity index (χ2v) is 6.87. The lowest BCUT2D eigenvalue weighted by Gasteiger charge is -2.34. The summed E-state index contributed by atoms with van der Waals surface area (Å²) in [7, 11) is 0. The molecular formula is C18H21N5O2. The first-order chi connectivity index (χ1) is 12.0. The molecule has 4 rings (SSSR count). The number of nitrogen functional groups attached to an aromatic ring is 1. The summed E-state index contributed by atoms with van der Waals surface area (Å²) in [6.45, 7) is 1.83. The predicted octanol–water partition coefficient (Wildman–Crippen LogP) is 2.72. The first-order valence-corrected chi connectivity index (χ1v) is 8.54. The number of rotatable bonds is 2. The lowest BCUT2D eigenvalue weighted by molar-refractivity contribution is 0.0908. The molecule has 0 radical (unpaired) electrons. The number of phenolic OH excluding ortho intramolecular Hbond substituents is 1. The summed E-state index contributed by atoms with van der Waals surface area (Å²) in [4.78, 5) is 20.6. The van der Waals surface area contributed by atoms with Crippen molar-refractivity contribution < 1.29 is 9.90 Å². The van der Waals surface area contributed by atoms with E-state index in [2.05, 4.69) is 20.6 Å². The molecule has 7 heteroatoms. The molecule has 25 heavy (non-hydrogen) atoms. The Hall–Kier alpha value is -2.83. The Morgan fingerprint density at radius 3 is 2.76 bits per heavy atom. The number of hydrogen-bond donors (Lipinski definition) is 4. The third-order valence-corrected chi connectivity index (χ3v) is 5.31. The summed E-state index contributed by atoms with van der Waals surface area (Å²) in [5.74, 6) is 0.786. The molecule has 2 aliphatic rings. The minimum atomic E-state index is -0.362. The molecule has 1 saturated carbocycles. The Morgan fingerprint density at radius 1 is 1.24 bits per heavy atom. The van der Waals surface area contributed by atoms with Gasteiger partial charge in [0.25, 0.3) is 5.91 Å². The predicted molar refractivity (Wildman–Crippen MR) is 94.8 cm³/mol. The van der Waals surface area contributed by atoms with Crippen LogP contribution in [0.1, 0.15) is 53.6 Å². The number of nitrogens with zero attached hydrogens (tertiary/aromatic N) is 2. The molecule has 0 atom stereocenters. The van der Waals surface area contributed by atoms with Gasteiger partial charge in [-0.05, 0) is 31.4 Å². The number of hydrogen-bond acceptors (Lipinski definition) is 6. The van der Waals surface area contributed by atoms with E-state index in [1.807, 2.05) is 13.0 Å². The molecule has 2 heterocycles. The van der Waals surface area contributed by atoms with Gasteiger partial charge in [0.15, 0.2) is 0 Å². The number of benzene rings is 1. The summed E-state index contributed by atoms with van der Waals surface area (Å²) in [5.41, 5.74) is 8.16. The molecule has 1 aliphatic carbocycles. The van der Waals surface area contributed by atoms with E-state index in [-0.39, 0.29) is 17.2 Å². The van der Waals surface area contributed by atoms with E-state index < -0.39 is 0 Å². The first-order valence-electron chi connectivity index (χ1n) is 8.54. The third kappa shape index (κ3) is 2.47. The minimum absolute atomic E-state index is 0.0142. The highest BCUT2D eigenvalue weighted by Gasteiger charge is 2.45. The van der Waals surface area contributed by atoms with Gasteiger partial charge in [0.05, 0.1) is 11.1 Å². The van der Waals surface area contributed by atoms with Crippen molar-refractivity contribution in [2.75, 3.05) is 11.1 Å². The van der Waals surface area contributed by atoms with Gasteiger partial charge in [-0.25, -0.2) is 9.97 Å². The molecule has 0 unspecified atom stereocenters. The largest absolute Gasteiger partial charge is 0.507 e. The minimum Gasteiger partial charge on any atom is -0.507 e. The van der Waals surface area contributed by atoms with E-state index in [0.29, 0.717) is 22.9 Å². The quantitative estimate of drug-likeness (QED) is 0.669. The number of aromatic nitrogens is 2. The van der Waals surface area contributed by atoms with Crippen molar-refractivity contribution >= 4 is 23.2 Å². The lowest BCUT2D eigenvalue weighted by atomic mass is 9.77. The van der Waals surface area contributed by atoms with Crippen LogP contribution in [-0.2, 0) is 5.54 Å². The van der Waals surface area contributed by atoms with Gasteiger partial charge in [0.2, 0.25) is 0 Å². The molecule has 1 amide bonds. The summed E-state index contributed by atoms with van der Waals surface area (Å²) in [5, 5.41) is 16.7. The van der Waals surface area contributed by atoms with Gasteiger partial charge < -0.3 is 21.5 Å². The zero-order valence-electron chi connectivity index (χ0n) is 14.1. The molecular weight excluding hydrogens is 318 g/mol. The third-order valence-electron chi connectivity index (χ3n) is 5.31. The van der Waals surface area contributed by atoms with Crippen molar-refractivity contribution in [3.8, 4) is 5.75 Å². The monoisotopic (exact) mass is 339 g/mol. The molecule has 130 valence electrons. The van der Waals surface area contributed by atoms with Crippen LogP contribution >= 0.6 is 0 Å². The number of carbonyl (C=O) groups excluding carboxylic acids is 1. The topological polar surface area (TPSA) is 113 Å². The van der Waals surface area contributed by atoms with Crippen LogP contribution in [0.4, 0.5) is 17.3 Å². The Balaban J connectivity index is 1.77. The standard InChI is InChI=1S/C18H21N5O2/c1-10-15(19)20-9-21-16(10)22-11-7-12-14(13(24)8-11)17(25)23-18(12)5-3-2-4-6-18/h7-9,24H,2-6H2,1H3,(H,23,25)(H3,19,20,21,22). The van der Waals surface area contributed by atoms with Crippen molar-refractivity contribution in [3.63, 3.8) is 0 Å². The molecule has 1 fully saturated rings. The molecule has 0 bridgehead atoms. The van der Waals surface area contributed by atoms with Gasteiger partial charge in [0.1, 0.15) is 23.7 Å². The molecule has 1 spiro atoms. The van der Waals surface area contributed by atoms with E-state index in [4.69, 9.17) is 5.73 Å². The van der Waals surface area contributed by atoms with E-state index in [0.717, 1.165) is 36.8 Å². The molecule has 5 N–H and O–H groups in total. The van der Waals surface area contributed by atoms with Crippen molar-refractivity contribution in [1.82, 2.24) is 15.3 Å². The number of nitrogens with one attached hydrogen (secondary N) is 2. The van der Waals surface area contributed by atoms with Crippen LogP contribution in [0.15, 0.2) is 18.5 Å². The van der Waals surface area contributed by atoms with Gasteiger partial charge in [-0.3, -0.25) is 4.79 Å². The highest BCUT2D eigenvalue weighted by molar-refractivity contribution is 6.03. The molecule has 7 nitrogen and oxygen atoms in total. The molecule has 1 aliphatic heterocycles. The van der Waals surface area contributed by atoms with E-state index in [1.165, 1.54) is 12.7 Å². The number of carbonyl (C=O) groups is 1. The molecule has 1 aromatic heterocycles. The number of anilines is 3. The van der Waals surface area contributed by atoms with Crippen molar-refractivity contribution in [2.45, 2.75) is 44.6 Å². The summed E-state index contributed by atoms with van der Waals surface area (Å²) >= 11 is 0. The Morgan fingerprint density at radius 2 is 2.00 bits per heavy atom. The van der Waals surface area contributed by atoms with Crippen LogP contribution in [0.5, 0.6) is 5.75 Å². The van der Waals surface area contributed by atoms with Crippen LogP contribution in [0.3, 0.4) is 0 Å². The van der Waals surface area contributed by atoms with E-state index >= 15 is 0 Å². The fourth-order valence-electron chi connectivity index (χ4n) is 3.94. The number of fused-ring (bicyclic) bond motifs is 2. The van der Waals surface area contributed by atoms with Crippen LogP contribution in [0.2, 0.25) is 0 Å². The average Bonchev–Trinajstić information content (AvgIpc) is 2.85. The molecule has 1 aromatic carbocycles. The Labute approximate surface area is 145 Å². The summed E-state index contributed by atoms with van der Waals surface area (Å²) < 4.78 is 0. The summed E-state index contributed by atoms with van der Waals surface area (Å²) in [6, 6.07) is 3.49. The van der Waals surface area contributed by atoms with E-state index in [1.54, 1.807) is 6.07 Å². The number of aromatic hydroxyl groups is 1. The Bertz CT molecular complexity index is 859. The second kappa shape index (κ2) is 5.61. The van der Waals surface area contributed by atoms with Crippen molar-refractivity contribution in [2.24, 2.45) is 0 Å². The van der Waals surface area contributed by atoms with Crippen LogP contribution < -0.4 is 16.4 Å². The maximum Gasteiger partial charge on any atom is 0.256 e. The summed E-state index contributed by atoms with van der Waals surface area (Å²) in [6.07, 6.45) is 6.50. The normalized spacial score (nSPS) is 18.0. The van der Waals surface area contributed by atoms with Gasteiger partial charge in [0, 0.05) is 17.3 Å². The fraction of sp³-hybridized carbons (Fsp3) is 0.389. The highest BCUT2D eigenvalue weighted by Crippen LogP contribution is 2.46. The molecule has 2 aromatic rings. The lowest BCUT2D eigenvalue weighted by Crippen LogP contribution is -2.40. The number of nitrogens with two attached hydrogens (primary N) is 1. The Kier molecular flexibility index (Phi) is 3.52. The van der Waals surface area contributed by atoms with Gasteiger partial charge >= 0.3 is 0 Å². The SMILES string of the molecule is Cc1c(N)ncnc1Nc1cc(O)c2c(c1)C1(CCCCC1)NC2=O. The van der Waals surface area contributed by atoms with Gasteiger partial charge in [-0.1, -0.05) is 19.3 Å². The average molecular weight is 339 g/mol. The number of phenols is 1. The maximum absolute atomic E-state index is 12.4. The first kappa shape index (κ1) is 15.7. The van der Waals surface area contributed by atoms with Gasteiger partial charge in [-0.2, -0.15) is 0 Å². The fourth-order valence-corrected chi connectivity index (χ4v) is 3.94. The van der Waals surface area contributed by atoms with E-state index in [9.17, 15) is 9.90 Å². The highest BCUT2D eigenvalue weighted by atomic mass is 16.3. The van der Waals surface area contributed by atoms with Crippen LogP contribution in [0, 0.1) is 6.92 Å². The van der Waals surface area contributed by atoms with Crippen LogP contribution in [-0.4, -0.2) is 21.0 Å². The molecule has 0 saturated heterocycles. The maximum atomic E-state index is 12.4. The zero-order chi connectivity index (χ0) is 17.6. The van der Waals surface area contributed by atoms with Crippen LogP contribution in [0.25, 0.3) is 0 Å². The smallest absolute Gasteiger partial charge is 0.256 e. The van der Waals surface area contributed by atoms with Crippen molar-refractivity contribution in [3.05, 3.63) is 35.2 Å².